The molecule has 0 bridgehead atoms. The molecule has 0 fully saturated rings. The molecule has 0 saturated heterocycles. The van der Waals surface area contributed by atoms with Crippen molar-refractivity contribution in [2.45, 2.75) is 25.2 Å². The van der Waals surface area contributed by atoms with Gasteiger partial charge in [0.2, 0.25) is 10.8 Å². The minimum absolute atomic E-state index is 0.0227. The summed E-state index contributed by atoms with van der Waals surface area (Å²) in [4.78, 5) is 21.7. The Hall–Kier alpha value is -2.43. The van der Waals surface area contributed by atoms with Crippen LogP contribution < -0.4 is 11.3 Å². The summed E-state index contributed by atoms with van der Waals surface area (Å²) >= 11 is 0. The first-order valence-electron chi connectivity index (χ1n) is 7.30. The van der Waals surface area contributed by atoms with Crippen molar-refractivity contribution in [2.24, 2.45) is 5.73 Å². The van der Waals surface area contributed by atoms with E-state index in [9.17, 15) is 27.7 Å². The number of rotatable bonds is 5. The Morgan fingerprint density at radius 3 is 2.56 bits per heavy atom. The van der Waals surface area contributed by atoms with Crippen LogP contribution in [0.3, 0.4) is 0 Å². The van der Waals surface area contributed by atoms with E-state index in [-0.39, 0.29) is 29.9 Å². The van der Waals surface area contributed by atoms with E-state index in [4.69, 9.17) is 10.5 Å². The number of hydrogen-bond donors (Lipinski definition) is 3. The van der Waals surface area contributed by atoms with Crippen LogP contribution in [0.25, 0.3) is 5.70 Å². The summed E-state index contributed by atoms with van der Waals surface area (Å²) in [6.45, 7) is 3.04. The zero-order chi connectivity index (χ0) is 19.0. The predicted molar refractivity (Wildman–Crippen MR) is 89.6 cm³/mol. The van der Waals surface area contributed by atoms with Crippen LogP contribution in [-0.4, -0.2) is 40.1 Å². The molecule has 1 aliphatic rings. The third kappa shape index (κ3) is 3.23. The van der Waals surface area contributed by atoms with Gasteiger partial charge in [0.05, 0.1) is 0 Å². The highest BCUT2D eigenvalue weighted by molar-refractivity contribution is 7.87. The molecule has 0 aromatic carbocycles. The van der Waals surface area contributed by atoms with Crippen molar-refractivity contribution in [3.63, 3.8) is 0 Å². The average molecular weight is 370 g/mol. The molecule has 4 N–H and O–H groups in total. The van der Waals surface area contributed by atoms with Crippen molar-refractivity contribution in [1.29, 1.82) is 0 Å². The Labute approximate surface area is 143 Å². The number of amides is 1. The van der Waals surface area contributed by atoms with E-state index in [0.29, 0.717) is 0 Å². The predicted octanol–water partition coefficient (Wildman–Crippen LogP) is 0.383. The number of aromatic nitrogens is 1. The molecule has 136 valence electrons. The third-order valence-electron chi connectivity index (χ3n) is 3.82. The molecular weight excluding hydrogens is 352 g/mol. The lowest BCUT2D eigenvalue weighted by Gasteiger charge is -2.29. The van der Waals surface area contributed by atoms with Crippen LogP contribution in [0.5, 0.6) is 5.88 Å². The number of hydrogen-bond acceptors (Lipinski definition) is 6. The SMILES string of the molecule is CCOC1(S(=O)(=O)O)C=CC(n2c(O)c(C(N)=O)c(C)cc2=O)=CC1. The van der Waals surface area contributed by atoms with Gasteiger partial charge in [-0.15, -0.1) is 0 Å². The number of aryl methyl sites for hydroxylation is 1. The topological polar surface area (TPSA) is 149 Å². The van der Waals surface area contributed by atoms with Crippen LogP contribution in [0.1, 0.15) is 29.3 Å². The van der Waals surface area contributed by atoms with Gasteiger partial charge in [0.1, 0.15) is 5.56 Å². The van der Waals surface area contributed by atoms with Crippen molar-refractivity contribution in [3.8, 4) is 5.88 Å². The van der Waals surface area contributed by atoms with Gasteiger partial charge >= 0.3 is 0 Å². The van der Waals surface area contributed by atoms with Gasteiger partial charge in [0.25, 0.3) is 21.6 Å². The van der Waals surface area contributed by atoms with E-state index in [0.717, 1.165) is 16.7 Å². The molecule has 9 nitrogen and oxygen atoms in total. The van der Waals surface area contributed by atoms with Crippen molar-refractivity contribution in [3.05, 3.63) is 45.8 Å². The van der Waals surface area contributed by atoms with E-state index in [1.807, 2.05) is 0 Å². The van der Waals surface area contributed by atoms with Gasteiger partial charge in [0.15, 0.2) is 0 Å². The lowest BCUT2D eigenvalue weighted by Crippen LogP contribution is -2.40. The van der Waals surface area contributed by atoms with E-state index in [2.05, 4.69) is 0 Å². The van der Waals surface area contributed by atoms with Crippen molar-refractivity contribution in [2.75, 3.05) is 6.61 Å². The lowest BCUT2D eigenvalue weighted by atomic mass is 10.1. The van der Waals surface area contributed by atoms with Crippen LogP contribution >= 0.6 is 0 Å². The fraction of sp³-hybridized carbons (Fsp3) is 0.333. The van der Waals surface area contributed by atoms with E-state index in [1.165, 1.54) is 19.1 Å². The smallest absolute Gasteiger partial charge is 0.299 e. The van der Waals surface area contributed by atoms with Crippen LogP contribution in [-0.2, 0) is 14.9 Å². The second-order valence-electron chi connectivity index (χ2n) is 5.45. The molecule has 0 aliphatic heterocycles. The summed E-state index contributed by atoms with van der Waals surface area (Å²) in [5, 5.41) is 10.3. The molecule has 1 amide bonds. The molecule has 0 saturated carbocycles. The summed E-state index contributed by atoms with van der Waals surface area (Å²) in [6.07, 6.45) is 3.28. The van der Waals surface area contributed by atoms with Crippen molar-refractivity contribution in [1.82, 2.24) is 4.57 Å². The highest BCUT2D eigenvalue weighted by Gasteiger charge is 2.42. The number of aromatic hydroxyl groups is 1. The van der Waals surface area contributed by atoms with Gasteiger partial charge in [-0.1, -0.05) is 6.08 Å². The zero-order valence-electron chi connectivity index (χ0n) is 13.6. The van der Waals surface area contributed by atoms with Crippen LogP contribution in [0.15, 0.2) is 29.1 Å². The highest BCUT2D eigenvalue weighted by atomic mass is 32.2. The molecule has 1 heterocycles. The van der Waals surface area contributed by atoms with E-state index in [1.54, 1.807) is 6.92 Å². The number of carbonyl (C=O) groups is 1. The summed E-state index contributed by atoms with van der Waals surface area (Å²) in [5.74, 6) is -1.56. The Kier molecular flexibility index (Phi) is 4.89. The van der Waals surface area contributed by atoms with Gasteiger partial charge in [-0.3, -0.25) is 14.1 Å². The van der Waals surface area contributed by atoms with Gasteiger partial charge in [-0.05, 0) is 31.6 Å². The molecule has 10 heteroatoms. The molecule has 1 atom stereocenters. The number of ether oxygens (including phenoxy) is 1. The number of pyridine rings is 1. The van der Waals surface area contributed by atoms with E-state index < -0.39 is 32.4 Å². The summed E-state index contributed by atoms with van der Waals surface area (Å²) in [6, 6.07) is 1.13. The minimum Gasteiger partial charge on any atom is -0.494 e. The second-order valence-corrected chi connectivity index (χ2v) is 7.09. The quantitative estimate of drug-likeness (QED) is 0.634. The molecule has 2 rings (SSSR count). The first kappa shape index (κ1) is 18.9. The highest BCUT2D eigenvalue weighted by Crippen LogP contribution is 2.32. The molecule has 1 aromatic rings. The molecule has 1 unspecified atom stereocenters. The lowest BCUT2D eigenvalue weighted by molar-refractivity contribution is 0.0560. The molecule has 1 aromatic heterocycles. The molecule has 1 aliphatic carbocycles. The number of primary amides is 1. The molecule has 0 radical (unpaired) electrons. The standard InChI is InChI=1S/C15H18N2O7S/c1-3-24-15(25(21,22)23)6-4-10(5-7-15)17-11(18)8-9(2)12(13(16)19)14(17)20/h4-6,8,20H,3,7H2,1-2H3,(H2,16,19)(H,21,22,23). The van der Waals surface area contributed by atoms with E-state index >= 15 is 0 Å². The first-order chi connectivity index (χ1) is 11.5. The maximum atomic E-state index is 12.2. The number of carbonyl (C=O) groups excluding carboxylic acids is 1. The Morgan fingerprint density at radius 1 is 1.48 bits per heavy atom. The summed E-state index contributed by atoms with van der Waals surface area (Å²) in [5.41, 5.74) is 4.70. The molecular formula is C15H18N2O7S. The maximum Gasteiger partial charge on any atom is 0.299 e. The Morgan fingerprint density at radius 2 is 2.12 bits per heavy atom. The normalized spacial score (nSPS) is 20.4. The Bertz CT molecular complexity index is 943. The number of nitrogens with two attached hydrogens (primary N) is 1. The van der Waals surface area contributed by atoms with Crippen LogP contribution in [0.4, 0.5) is 0 Å². The zero-order valence-corrected chi connectivity index (χ0v) is 14.4. The third-order valence-corrected chi connectivity index (χ3v) is 5.12. The molecule has 25 heavy (non-hydrogen) atoms. The summed E-state index contributed by atoms with van der Waals surface area (Å²) in [7, 11) is -4.58. The summed E-state index contributed by atoms with van der Waals surface area (Å²) < 4.78 is 38.7. The minimum atomic E-state index is -4.58. The largest absolute Gasteiger partial charge is 0.494 e. The monoisotopic (exact) mass is 370 g/mol. The fourth-order valence-corrected chi connectivity index (χ4v) is 3.45. The first-order valence-corrected chi connectivity index (χ1v) is 8.74. The van der Waals surface area contributed by atoms with Gasteiger partial charge in [-0.2, -0.15) is 8.42 Å². The number of nitrogens with zero attached hydrogens (tertiary/aromatic N) is 1. The fourth-order valence-electron chi connectivity index (χ4n) is 2.65. The van der Waals surface area contributed by atoms with Gasteiger partial charge in [-0.25, -0.2) is 4.57 Å². The number of allylic oxidation sites excluding steroid dienone is 2. The van der Waals surface area contributed by atoms with Crippen LogP contribution in [0, 0.1) is 6.92 Å². The van der Waals surface area contributed by atoms with Crippen LogP contribution in [0.2, 0.25) is 0 Å². The second kappa shape index (κ2) is 6.47. The van der Waals surface area contributed by atoms with Crippen molar-refractivity contribution < 1.29 is 27.6 Å². The Balaban J connectivity index is 2.58. The van der Waals surface area contributed by atoms with Gasteiger partial charge in [0, 0.05) is 24.8 Å². The van der Waals surface area contributed by atoms with Crippen molar-refractivity contribution >= 4 is 21.7 Å². The maximum absolute atomic E-state index is 12.2. The average Bonchev–Trinajstić information content (AvgIpc) is 2.47. The van der Waals surface area contributed by atoms with Gasteiger partial charge < -0.3 is 15.6 Å². The molecule has 0 spiro atoms.